The highest BCUT2D eigenvalue weighted by Crippen LogP contribution is 2.29. The second-order valence-corrected chi connectivity index (χ2v) is 12.0. The Morgan fingerprint density at radius 1 is 0.286 bits per heavy atom. The van der Waals surface area contributed by atoms with Gasteiger partial charge in [-0.25, -0.2) is 0 Å². The van der Waals surface area contributed by atoms with Crippen LogP contribution >= 0.6 is 0 Å². The van der Waals surface area contributed by atoms with Gasteiger partial charge in [-0.1, -0.05) is 194 Å². The smallest absolute Gasteiger partial charge is 0.0647 e. The predicted molar refractivity (Wildman–Crippen MR) is 160 cm³/mol. The maximum atomic E-state index is 11.4. The molecule has 0 amide bonds. The van der Waals surface area contributed by atoms with Gasteiger partial charge in [0, 0.05) is 0 Å². The highest BCUT2D eigenvalue weighted by atomic mass is 16.3. The first-order chi connectivity index (χ1) is 17.2. The van der Waals surface area contributed by atoms with Gasteiger partial charge in [0.2, 0.25) is 0 Å². The van der Waals surface area contributed by atoms with E-state index in [0.717, 1.165) is 19.3 Å². The predicted octanol–water partition coefficient (Wildman–Crippen LogP) is 12.5. The van der Waals surface area contributed by atoms with Crippen LogP contribution in [0.25, 0.3) is 0 Å². The van der Waals surface area contributed by atoms with Crippen molar-refractivity contribution in [2.75, 3.05) is 0 Å². The number of hydrogen-bond acceptors (Lipinski definition) is 1. The van der Waals surface area contributed by atoms with E-state index in [1.54, 1.807) is 0 Å². The van der Waals surface area contributed by atoms with Crippen molar-refractivity contribution >= 4 is 0 Å². The summed E-state index contributed by atoms with van der Waals surface area (Å²) in [5.41, 5.74) is -0.369. The van der Waals surface area contributed by atoms with E-state index < -0.39 is 0 Å². The summed E-state index contributed by atoms with van der Waals surface area (Å²) in [7, 11) is 0. The number of unbranched alkanes of at least 4 members (excludes halogenated alkanes) is 24. The monoisotopic (exact) mass is 495 g/mol. The van der Waals surface area contributed by atoms with Crippen LogP contribution in [0.2, 0.25) is 0 Å². The molecule has 0 aromatic rings. The summed E-state index contributed by atoms with van der Waals surface area (Å²) < 4.78 is 0. The third kappa shape index (κ3) is 26.8. The van der Waals surface area contributed by atoms with Gasteiger partial charge in [0.15, 0.2) is 0 Å². The van der Waals surface area contributed by atoms with E-state index in [1.165, 1.54) is 173 Å². The van der Waals surface area contributed by atoms with Gasteiger partial charge in [-0.05, 0) is 19.3 Å². The van der Waals surface area contributed by atoms with Crippen LogP contribution in [0, 0.1) is 0 Å². The molecule has 0 saturated carbocycles. The van der Waals surface area contributed by atoms with E-state index in [-0.39, 0.29) is 5.60 Å². The normalized spacial score (nSPS) is 13.4. The third-order valence-corrected chi connectivity index (χ3v) is 8.24. The lowest BCUT2D eigenvalue weighted by Crippen LogP contribution is -2.28. The molecule has 212 valence electrons. The first-order valence-electron chi connectivity index (χ1n) is 16.9. The Morgan fingerprint density at radius 3 is 0.686 bits per heavy atom. The van der Waals surface area contributed by atoms with Gasteiger partial charge in [-0.15, -0.1) is 0 Å². The molecule has 0 rings (SSSR count). The van der Waals surface area contributed by atoms with Crippen LogP contribution in [0.4, 0.5) is 0 Å². The maximum Gasteiger partial charge on any atom is 0.0647 e. The fourth-order valence-electron chi connectivity index (χ4n) is 5.67. The maximum absolute atomic E-state index is 11.4. The average molecular weight is 495 g/mol. The summed E-state index contributed by atoms with van der Waals surface area (Å²) in [6.07, 6.45) is 40.4. The van der Waals surface area contributed by atoms with Gasteiger partial charge in [-0.3, -0.25) is 0 Å². The average Bonchev–Trinajstić information content (AvgIpc) is 2.86. The Kier molecular flexibility index (Phi) is 28.5. The van der Waals surface area contributed by atoms with Crippen molar-refractivity contribution in [1.29, 1.82) is 0 Å². The quantitative estimate of drug-likeness (QED) is 0.0984. The van der Waals surface area contributed by atoms with Crippen molar-refractivity contribution in [3.8, 4) is 0 Å². The first kappa shape index (κ1) is 35.0. The molecule has 0 radical (unpaired) electrons. The minimum atomic E-state index is -0.369. The fourth-order valence-corrected chi connectivity index (χ4v) is 5.67. The Balaban J connectivity index is 3.77. The minimum absolute atomic E-state index is 0.369. The first-order valence-corrected chi connectivity index (χ1v) is 16.9. The van der Waals surface area contributed by atoms with Crippen LogP contribution in [0.15, 0.2) is 0 Å². The minimum Gasteiger partial charge on any atom is -0.390 e. The molecule has 1 atom stereocenters. The second kappa shape index (κ2) is 28.5. The molecule has 0 spiro atoms. The molecule has 0 aromatic carbocycles. The van der Waals surface area contributed by atoms with Crippen molar-refractivity contribution < 1.29 is 5.11 Å². The lowest BCUT2D eigenvalue weighted by atomic mass is 9.85. The van der Waals surface area contributed by atoms with Crippen molar-refractivity contribution in [1.82, 2.24) is 0 Å². The summed E-state index contributed by atoms with van der Waals surface area (Å²) in [6, 6.07) is 0. The van der Waals surface area contributed by atoms with Crippen LogP contribution in [0.5, 0.6) is 0 Å². The summed E-state index contributed by atoms with van der Waals surface area (Å²) in [4.78, 5) is 0. The Bertz CT molecular complexity index is 379. The highest BCUT2D eigenvalue weighted by Gasteiger charge is 2.25. The van der Waals surface area contributed by atoms with E-state index in [0.29, 0.717) is 0 Å². The Morgan fingerprint density at radius 2 is 0.457 bits per heavy atom. The van der Waals surface area contributed by atoms with Crippen LogP contribution in [-0.4, -0.2) is 10.7 Å². The lowest BCUT2D eigenvalue weighted by molar-refractivity contribution is 0.00707. The molecule has 1 unspecified atom stereocenters. The third-order valence-electron chi connectivity index (χ3n) is 8.24. The van der Waals surface area contributed by atoms with Crippen molar-refractivity contribution in [3.05, 3.63) is 0 Å². The molecule has 1 heteroatoms. The summed E-state index contributed by atoms with van der Waals surface area (Å²) in [5.74, 6) is 0. The van der Waals surface area contributed by atoms with Gasteiger partial charge in [0.05, 0.1) is 5.60 Å². The lowest BCUT2D eigenvalue weighted by Gasteiger charge is -2.29. The number of rotatable bonds is 30. The largest absolute Gasteiger partial charge is 0.390 e. The SMILES string of the molecule is CCCCCCCCCCCCCCCCCC(O)(CCCCCC)CCCCCCCCCC. The number of hydrogen-bond donors (Lipinski definition) is 1. The van der Waals surface area contributed by atoms with Crippen molar-refractivity contribution in [2.45, 2.75) is 219 Å². The van der Waals surface area contributed by atoms with Crippen LogP contribution in [0.1, 0.15) is 213 Å². The second-order valence-electron chi connectivity index (χ2n) is 12.0. The van der Waals surface area contributed by atoms with E-state index in [4.69, 9.17) is 0 Å². The zero-order valence-corrected chi connectivity index (χ0v) is 25.2. The van der Waals surface area contributed by atoms with Gasteiger partial charge < -0.3 is 5.11 Å². The zero-order valence-electron chi connectivity index (χ0n) is 25.2. The Labute approximate surface area is 224 Å². The molecule has 0 aliphatic rings. The Hall–Kier alpha value is -0.0400. The molecule has 0 aliphatic heterocycles. The standard InChI is InChI=1S/C34H70O/c1-4-7-10-13-15-17-18-19-20-21-22-23-25-27-30-33-34(35,31-28-12-9-6-3)32-29-26-24-16-14-11-8-5-2/h35H,4-33H2,1-3H3. The van der Waals surface area contributed by atoms with Gasteiger partial charge in [0.25, 0.3) is 0 Å². The van der Waals surface area contributed by atoms with E-state index in [1.807, 2.05) is 0 Å². The molecular formula is C34H70O. The van der Waals surface area contributed by atoms with Gasteiger partial charge >= 0.3 is 0 Å². The van der Waals surface area contributed by atoms with Crippen molar-refractivity contribution in [2.24, 2.45) is 0 Å². The van der Waals surface area contributed by atoms with Crippen LogP contribution in [0.3, 0.4) is 0 Å². The molecule has 1 N–H and O–H groups in total. The van der Waals surface area contributed by atoms with Crippen molar-refractivity contribution in [3.63, 3.8) is 0 Å². The summed E-state index contributed by atoms with van der Waals surface area (Å²) >= 11 is 0. The topological polar surface area (TPSA) is 20.2 Å². The van der Waals surface area contributed by atoms with Gasteiger partial charge in [-0.2, -0.15) is 0 Å². The molecule has 0 saturated heterocycles. The molecule has 35 heavy (non-hydrogen) atoms. The van der Waals surface area contributed by atoms with Gasteiger partial charge in [0.1, 0.15) is 0 Å². The fraction of sp³-hybridized carbons (Fsp3) is 1.00. The molecule has 0 bridgehead atoms. The highest BCUT2D eigenvalue weighted by molar-refractivity contribution is 4.78. The van der Waals surface area contributed by atoms with Crippen LogP contribution in [-0.2, 0) is 0 Å². The molecule has 0 heterocycles. The number of aliphatic hydroxyl groups is 1. The molecule has 1 nitrogen and oxygen atoms in total. The van der Waals surface area contributed by atoms with E-state index >= 15 is 0 Å². The summed E-state index contributed by atoms with van der Waals surface area (Å²) in [5, 5.41) is 11.4. The molecule has 0 aliphatic carbocycles. The molecule has 0 aromatic heterocycles. The summed E-state index contributed by atoms with van der Waals surface area (Å²) in [6.45, 7) is 6.87. The van der Waals surface area contributed by atoms with E-state index in [9.17, 15) is 5.11 Å². The zero-order chi connectivity index (χ0) is 25.7. The van der Waals surface area contributed by atoms with E-state index in [2.05, 4.69) is 20.8 Å². The molecule has 0 fully saturated rings. The molecular weight excluding hydrogens is 424 g/mol. The van der Waals surface area contributed by atoms with Crippen LogP contribution < -0.4 is 0 Å².